The number of rotatable bonds is 2. The summed E-state index contributed by atoms with van der Waals surface area (Å²) in [4.78, 5) is 0. The molecule has 0 aromatic heterocycles. The van der Waals surface area contributed by atoms with Gasteiger partial charge in [-0.1, -0.05) is 28.8 Å². The minimum atomic E-state index is 0.132. The van der Waals surface area contributed by atoms with Crippen LogP contribution < -0.4 is 4.74 Å². The Kier molecular flexibility index (Phi) is 3.86. The zero-order valence-corrected chi connectivity index (χ0v) is 13.0. The fraction of sp³-hybridized carbons (Fsp3) is 0.625. The van der Waals surface area contributed by atoms with Crippen LogP contribution in [0.2, 0.25) is 0 Å². The first-order valence-electron chi connectivity index (χ1n) is 7.24. The molecule has 2 aliphatic rings. The van der Waals surface area contributed by atoms with E-state index in [0.29, 0.717) is 6.10 Å². The van der Waals surface area contributed by atoms with Gasteiger partial charge in [-0.2, -0.15) is 0 Å². The smallest absolute Gasteiger partial charge is 0.120 e. The average molecular weight is 325 g/mol. The molecule has 1 heterocycles. The third kappa shape index (κ3) is 2.97. The highest BCUT2D eigenvalue weighted by molar-refractivity contribution is 9.10. The largest absolute Gasteiger partial charge is 0.490 e. The van der Waals surface area contributed by atoms with E-state index < -0.39 is 0 Å². The van der Waals surface area contributed by atoms with Gasteiger partial charge in [0.25, 0.3) is 0 Å². The monoisotopic (exact) mass is 324 g/mol. The van der Waals surface area contributed by atoms with E-state index in [9.17, 15) is 0 Å². The molecule has 0 bridgehead atoms. The van der Waals surface area contributed by atoms with Crippen molar-refractivity contribution in [2.75, 3.05) is 6.61 Å². The van der Waals surface area contributed by atoms with Crippen LogP contribution in [0.3, 0.4) is 0 Å². The molecule has 3 rings (SSSR count). The molecule has 1 atom stereocenters. The van der Waals surface area contributed by atoms with Crippen LogP contribution in [0.15, 0.2) is 22.7 Å². The van der Waals surface area contributed by atoms with Crippen molar-refractivity contribution in [3.63, 3.8) is 0 Å². The maximum Gasteiger partial charge on any atom is 0.120 e. The lowest BCUT2D eigenvalue weighted by Crippen LogP contribution is -2.41. The van der Waals surface area contributed by atoms with Gasteiger partial charge < -0.3 is 9.47 Å². The Balaban J connectivity index is 1.67. The number of aryl methyl sites for hydroxylation is 1. The van der Waals surface area contributed by atoms with E-state index in [4.69, 9.17) is 9.47 Å². The Morgan fingerprint density at radius 2 is 2.11 bits per heavy atom. The summed E-state index contributed by atoms with van der Waals surface area (Å²) in [6.45, 7) is 2.94. The summed E-state index contributed by atoms with van der Waals surface area (Å²) in [6, 6.07) is 6.23. The second-order valence-corrected chi connectivity index (χ2v) is 6.74. The summed E-state index contributed by atoms with van der Waals surface area (Å²) in [5.74, 6) is 0.987. The number of halogens is 1. The van der Waals surface area contributed by atoms with E-state index in [1.165, 1.54) is 31.2 Å². The molecule has 104 valence electrons. The van der Waals surface area contributed by atoms with Gasteiger partial charge in [-0.15, -0.1) is 0 Å². The molecule has 19 heavy (non-hydrogen) atoms. The maximum atomic E-state index is 6.18. The van der Waals surface area contributed by atoms with Crippen molar-refractivity contribution in [1.82, 2.24) is 0 Å². The highest BCUT2D eigenvalue weighted by atomic mass is 79.9. The summed E-state index contributed by atoms with van der Waals surface area (Å²) in [5, 5.41) is 0. The third-order valence-electron chi connectivity index (χ3n) is 4.39. The number of ether oxygens (including phenoxy) is 2. The van der Waals surface area contributed by atoms with Gasteiger partial charge in [0.15, 0.2) is 0 Å². The molecule has 1 aliphatic heterocycles. The maximum absolute atomic E-state index is 6.18. The van der Waals surface area contributed by atoms with E-state index in [0.717, 1.165) is 29.7 Å². The van der Waals surface area contributed by atoms with Gasteiger partial charge in [0, 0.05) is 17.3 Å². The second-order valence-electron chi connectivity index (χ2n) is 5.88. The third-order valence-corrected chi connectivity index (χ3v) is 5.28. The van der Waals surface area contributed by atoms with Gasteiger partial charge in [0.1, 0.15) is 11.9 Å². The molecule has 2 nitrogen and oxygen atoms in total. The van der Waals surface area contributed by atoms with Crippen LogP contribution in [0.1, 0.15) is 44.1 Å². The first-order valence-corrected chi connectivity index (χ1v) is 8.03. The van der Waals surface area contributed by atoms with Crippen LogP contribution in [0.4, 0.5) is 0 Å². The molecule has 1 aliphatic carbocycles. The summed E-state index contributed by atoms with van der Waals surface area (Å²) >= 11 is 3.53. The minimum Gasteiger partial charge on any atom is -0.490 e. The minimum absolute atomic E-state index is 0.132. The molecular weight excluding hydrogens is 304 g/mol. The first kappa shape index (κ1) is 13.4. The van der Waals surface area contributed by atoms with Crippen LogP contribution in [-0.2, 0) is 4.74 Å². The zero-order chi connectivity index (χ0) is 13.3. The quantitative estimate of drug-likeness (QED) is 0.789. The van der Waals surface area contributed by atoms with Gasteiger partial charge in [-0.25, -0.2) is 0 Å². The van der Waals surface area contributed by atoms with E-state index in [1.807, 2.05) is 6.07 Å². The Labute approximate surface area is 123 Å². The van der Waals surface area contributed by atoms with Crippen LogP contribution in [0.25, 0.3) is 0 Å². The molecule has 1 saturated carbocycles. The lowest BCUT2D eigenvalue weighted by molar-refractivity contribution is -0.108. The van der Waals surface area contributed by atoms with Gasteiger partial charge in [0.05, 0.1) is 12.2 Å². The Bertz CT molecular complexity index is 452. The van der Waals surface area contributed by atoms with E-state index in [2.05, 4.69) is 35.0 Å². The van der Waals surface area contributed by atoms with Crippen LogP contribution >= 0.6 is 15.9 Å². The predicted octanol–water partition coefficient (Wildman–Crippen LogP) is 4.63. The molecule has 3 heteroatoms. The summed E-state index contributed by atoms with van der Waals surface area (Å²) < 4.78 is 13.4. The highest BCUT2D eigenvalue weighted by Gasteiger charge is 2.40. The summed E-state index contributed by atoms with van der Waals surface area (Å²) in [6.07, 6.45) is 7.43. The SMILES string of the molecule is Cc1cc(OC2CCOC3(CCCC3)C2)ccc1Br. The fourth-order valence-corrected chi connectivity index (χ4v) is 3.58. The van der Waals surface area contributed by atoms with Crippen LogP contribution in [-0.4, -0.2) is 18.3 Å². The van der Waals surface area contributed by atoms with Crippen molar-refractivity contribution >= 4 is 15.9 Å². The van der Waals surface area contributed by atoms with Gasteiger partial charge >= 0.3 is 0 Å². The molecule has 1 aromatic carbocycles. The normalized spacial score (nSPS) is 25.7. The lowest BCUT2D eigenvalue weighted by Gasteiger charge is -2.38. The fourth-order valence-electron chi connectivity index (χ4n) is 3.33. The topological polar surface area (TPSA) is 18.5 Å². The van der Waals surface area contributed by atoms with Crippen molar-refractivity contribution in [3.05, 3.63) is 28.2 Å². The predicted molar refractivity (Wildman–Crippen MR) is 79.7 cm³/mol. The van der Waals surface area contributed by atoms with E-state index in [-0.39, 0.29) is 5.60 Å². The van der Waals surface area contributed by atoms with Gasteiger partial charge in [0.2, 0.25) is 0 Å². The Morgan fingerprint density at radius 3 is 2.84 bits per heavy atom. The highest BCUT2D eigenvalue weighted by Crippen LogP contribution is 2.41. The lowest BCUT2D eigenvalue weighted by atomic mass is 9.90. The van der Waals surface area contributed by atoms with Crippen LogP contribution in [0.5, 0.6) is 5.75 Å². The Hall–Kier alpha value is -0.540. The molecular formula is C16H21BrO2. The average Bonchev–Trinajstić information content (AvgIpc) is 2.82. The Morgan fingerprint density at radius 1 is 1.32 bits per heavy atom. The molecule has 0 N–H and O–H groups in total. The molecule has 1 aromatic rings. The molecule has 2 fully saturated rings. The van der Waals surface area contributed by atoms with Crippen molar-refractivity contribution in [3.8, 4) is 5.75 Å². The zero-order valence-electron chi connectivity index (χ0n) is 11.5. The van der Waals surface area contributed by atoms with Crippen molar-refractivity contribution < 1.29 is 9.47 Å². The first-order chi connectivity index (χ1) is 9.17. The molecule has 1 unspecified atom stereocenters. The molecule has 0 radical (unpaired) electrons. The van der Waals surface area contributed by atoms with Gasteiger partial charge in [-0.05, 0) is 43.5 Å². The van der Waals surface area contributed by atoms with Crippen LogP contribution in [0, 0.1) is 6.92 Å². The second kappa shape index (κ2) is 5.45. The van der Waals surface area contributed by atoms with E-state index >= 15 is 0 Å². The number of hydrogen-bond donors (Lipinski definition) is 0. The molecule has 1 saturated heterocycles. The van der Waals surface area contributed by atoms with Crippen molar-refractivity contribution in [2.45, 2.75) is 57.2 Å². The van der Waals surface area contributed by atoms with Gasteiger partial charge in [-0.3, -0.25) is 0 Å². The standard InChI is InChI=1S/C16H21BrO2/c1-12-10-13(4-5-15(12)17)19-14-6-9-18-16(11-14)7-2-3-8-16/h4-5,10,14H,2-3,6-9,11H2,1H3. The van der Waals surface area contributed by atoms with E-state index in [1.54, 1.807) is 0 Å². The number of hydrogen-bond acceptors (Lipinski definition) is 2. The van der Waals surface area contributed by atoms with Crippen molar-refractivity contribution in [1.29, 1.82) is 0 Å². The molecule has 0 amide bonds. The number of benzene rings is 1. The van der Waals surface area contributed by atoms with Crippen molar-refractivity contribution in [2.24, 2.45) is 0 Å². The summed E-state index contributed by atoms with van der Waals surface area (Å²) in [7, 11) is 0. The molecule has 1 spiro atoms. The summed E-state index contributed by atoms with van der Waals surface area (Å²) in [5.41, 5.74) is 1.35.